The van der Waals surface area contributed by atoms with E-state index in [2.05, 4.69) is 15.1 Å². The molecule has 19 heavy (non-hydrogen) atoms. The molecule has 3 rings (SSSR count). The molecule has 0 fully saturated rings. The summed E-state index contributed by atoms with van der Waals surface area (Å²) in [4.78, 5) is 19.4. The van der Waals surface area contributed by atoms with E-state index in [0.717, 1.165) is 5.52 Å². The van der Waals surface area contributed by atoms with Gasteiger partial charge in [-0.15, -0.1) is 0 Å². The molecule has 96 valence electrons. The first-order chi connectivity index (χ1) is 9.15. The number of aryl methyl sites for hydroxylation is 1. The molecule has 2 aromatic heterocycles. The number of aromatic amines is 1. The van der Waals surface area contributed by atoms with Crippen molar-refractivity contribution in [3.8, 4) is 0 Å². The van der Waals surface area contributed by atoms with E-state index in [1.54, 1.807) is 13.0 Å². The van der Waals surface area contributed by atoms with E-state index in [9.17, 15) is 4.79 Å². The Bertz CT molecular complexity index is 862. The van der Waals surface area contributed by atoms with Gasteiger partial charge < -0.3 is 9.51 Å². The van der Waals surface area contributed by atoms with E-state index >= 15 is 0 Å². The van der Waals surface area contributed by atoms with Crippen LogP contribution in [0.1, 0.15) is 11.7 Å². The topological polar surface area (TPSA) is 76.7 Å². The number of nitrogens with one attached hydrogen (secondary N) is 1. The number of para-hydroxylation sites is 1. The van der Waals surface area contributed by atoms with Gasteiger partial charge in [0, 0.05) is 6.92 Å². The van der Waals surface area contributed by atoms with Crippen LogP contribution in [0.3, 0.4) is 0 Å². The minimum atomic E-state index is -0.165. The molecule has 0 bridgehead atoms. The van der Waals surface area contributed by atoms with Crippen LogP contribution in [-0.4, -0.2) is 19.7 Å². The number of hydrogen-bond donors (Lipinski definition) is 1. The molecule has 0 unspecified atom stereocenters. The molecule has 0 aliphatic rings. The summed E-state index contributed by atoms with van der Waals surface area (Å²) < 4.78 is 6.64. The molecular formula is C12H10N4O2S. The van der Waals surface area contributed by atoms with Gasteiger partial charge in [0.1, 0.15) is 0 Å². The van der Waals surface area contributed by atoms with Gasteiger partial charge >= 0.3 is 0 Å². The molecule has 1 aromatic carbocycles. The first kappa shape index (κ1) is 11.8. The average molecular weight is 274 g/mol. The molecule has 0 radical (unpaired) electrons. The van der Waals surface area contributed by atoms with E-state index in [4.69, 9.17) is 16.7 Å². The maximum absolute atomic E-state index is 12.4. The zero-order chi connectivity index (χ0) is 13.4. The van der Waals surface area contributed by atoms with Crippen molar-refractivity contribution >= 4 is 23.1 Å². The van der Waals surface area contributed by atoms with Crippen molar-refractivity contribution in [2.75, 3.05) is 0 Å². The highest BCUT2D eigenvalue weighted by atomic mass is 32.1. The molecule has 0 aliphatic heterocycles. The minimum Gasteiger partial charge on any atom is -0.340 e. The fourth-order valence-corrected chi connectivity index (χ4v) is 2.15. The van der Waals surface area contributed by atoms with Crippen LogP contribution in [0.25, 0.3) is 10.9 Å². The third kappa shape index (κ3) is 2.08. The second-order valence-corrected chi connectivity index (χ2v) is 4.48. The van der Waals surface area contributed by atoms with Gasteiger partial charge in [0.25, 0.3) is 5.56 Å². The first-order valence-electron chi connectivity index (χ1n) is 5.66. The Labute approximate surface area is 112 Å². The number of H-pyrrole nitrogens is 1. The molecule has 0 amide bonds. The number of hydrogen-bond acceptors (Lipinski definition) is 5. The molecule has 0 spiro atoms. The van der Waals surface area contributed by atoms with Crippen LogP contribution >= 0.6 is 12.2 Å². The number of benzene rings is 1. The lowest BCUT2D eigenvalue weighted by molar-refractivity contribution is 0.385. The van der Waals surface area contributed by atoms with Gasteiger partial charge in [-0.1, -0.05) is 17.3 Å². The van der Waals surface area contributed by atoms with Gasteiger partial charge in [-0.25, -0.2) is 0 Å². The lowest BCUT2D eigenvalue weighted by Gasteiger charge is -2.05. The lowest BCUT2D eigenvalue weighted by Crippen LogP contribution is -2.23. The van der Waals surface area contributed by atoms with Crippen LogP contribution in [0.5, 0.6) is 0 Å². The normalized spacial score (nSPS) is 11.0. The Balaban J connectivity index is 2.18. The SMILES string of the molecule is Cc1nc(Cn2c(=S)[nH]c3ccccc3c2=O)no1. The predicted molar refractivity (Wildman–Crippen MR) is 71.5 cm³/mol. The Hall–Kier alpha value is -2.28. The Morgan fingerprint density at radius 3 is 2.95 bits per heavy atom. The monoisotopic (exact) mass is 274 g/mol. The fraction of sp³-hybridized carbons (Fsp3) is 0.167. The van der Waals surface area contributed by atoms with Crippen molar-refractivity contribution in [3.63, 3.8) is 0 Å². The number of nitrogens with zero attached hydrogens (tertiary/aromatic N) is 3. The van der Waals surface area contributed by atoms with E-state index in [0.29, 0.717) is 21.9 Å². The van der Waals surface area contributed by atoms with Crippen molar-refractivity contribution in [2.24, 2.45) is 0 Å². The second-order valence-electron chi connectivity index (χ2n) is 4.10. The molecule has 6 nitrogen and oxygen atoms in total. The summed E-state index contributed by atoms with van der Waals surface area (Å²) in [5.74, 6) is 0.883. The molecule has 2 heterocycles. The van der Waals surface area contributed by atoms with Crippen LogP contribution in [0.15, 0.2) is 33.6 Å². The highest BCUT2D eigenvalue weighted by Crippen LogP contribution is 2.06. The third-order valence-electron chi connectivity index (χ3n) is 2.76. The van der Waals surface area contributed by atoms with E-state index < -0.39 is 0 Å². The third-order valence-corrected chi connectivity index (χ3v) is 3.08. The Kier molecular flexibility index (Phi) is 2.75. The van der Waals surface area contributed by atoms with Crippen LogP contribution in [0.2, 0.25) is 0 Å². The summed E-state index contributed by atoms with van der Waals surface area (Å²) in [6.45, 7) is 1.89. The van der Waals surface area contributed by atoms with E-state index in [1.165, 1.54) is 4.57 Å². The molecule has 7 heteroatoms. The highest BCUT2D eigenvalue weighted by molar-refractivity contribution is 7.71. The predicted octanol–water partition coefficient (Wildman–Crippen LogP) is 1.80. The van der Waals surface area contributed by atoms with Crippen molar-refractivity contribution in [3.05, 3.63) is 51.1 Å². The summed E-state index contributed by atoms with van der Waals surface area (Å²) in [7, 11) is 0. The van der Waals surface area contributed by atoms with Gasteiger partial charge in [-0.05, 0) is 24.4 Å². The molecular weight excluding hydrogens is 264 g/mol. The molecule has 0 saturated heterocycles. The summed E-state index contributed by atoms with van der Waals surface area (Å²) in [5, 5.41) is 4.35. The van der Waals surface area contributed by atoms with Crippen LogP contribution in [-0.2, 0) is 6.54 Å². The molecule has 1 N–H and O–H groups in total. The average Bonchev–Trinajstić information content (AvgIpc) is 2.80. The van der Waals surface area contributed by atoms with Crippen molar-refractivity contribution in [2.45, 2.75) is 13.5 Å². The molecule has 3 aromatic rings. The fourth-order valence-electron chi connectivity index (χ4n) is 1.89. The van der Waals surface area contributed by atoms with Gasteiger partial charge in [0.15, 0.2) is 10.6 Å². The maximum Gasteiger partial charge on any atom is 0.262 e. The smallest absolute Gasteiger partial charge is 0.262 e. The number of fused-ring (bicyclic) bond motifs is 1. The first-order valence-corrected chi connectivity index (χ1v) is 6.07. The standard InChI is InChI=1S/C12H10N4O2S/c1-7-13-10(15-18-7)6-16-11(17)8-4-2-3-5-9(8)14-12(16)19/h2-5H,6H2,1H3,(H,14,19). The lowest BCUT2D eigenvalue weighted by atomic mass is 10.2. The number of rotatable bonds is 2. The molecule has 0 saturated carbocycles. The summed E-state index contributed by atoms with van der Waals surface area (Å²) in [6, 6.07) is 7.22. The van der Waals surface area contributed by atoms with Gasteiger partial charge in [-0.3, -0.25) is 9.36 Å². The second kappa shape index (κ2) is 4.43. The van der Waals surface area contributed by atoms with Gasteiger partial charge in [0.05, 0.1) is 17.4 Å². The molecule has 0 aliphatic carbocycles. The van der Waals surface area contributed by atoms with Crippen molar-refractivity contribution < 1.29 is 4.52 Å². The van der Waals surface area contributed by atoms with Gasteiger partial charge in [-0.2, -0.15) is 4.98 Å². The quantitative estimate of drug-likeness (QED) is 0.721. The van der Waals surface area contributed by atoms with E-state index in [-0.39, 0.29) is 12.1 Å². The largest absolute Gasteiger partial charge is 0.340 e. The zero-order valence-corrected chi connectivity index (χ0v) is 10.9. The van der Waals surface area contributed by atoms with Crippen LogP contribution in [0, 0.1) is 11.7 Å². The summed E-state index contributed by atoms with van der Waals surface area (Å²) in [5.41, 5.74) is 0.555. The van der Waals surface area contributed by atoms with Crippen LogP contribution in [0.4, 0.5) is 0 Å². The zero-order valence-electron chi connectivity index (χ0n) is 10.1. The molecule has 0 atom stereocenters. The summed E-state index contributed by atoms with van der Waals surface area (Å²) >= 11 is 5.19. The Morgan fingerprint density at radius 1 is 1.42 bits per heavy atom. The number of aromatic nitrogens is 4. The van der Waals surface area contributed by atoms with Crippen molar-refractivity contribution in [1.29, 1.82) is 0 Å². The van der Waals surface area contributed by atoms with Gasteiger partial charge in [0.2, 0.25) is 5.89 Å². The Morgan fingerprint density at radius 2 is 2.21 bits per heavy atom. The van der Waals surface area contributed by atoms with Crippen molar-refractivity contribution in [1.82, 2.24) is 19.7 Å². The summed E-state index contributed by atoms with van der Waals surface area (Å²) in [6.07, 6.45) is 0. The minimum absolute atomic E-state index is 0.165. The highest BCUT2D eigenvalue weighted by Gasteiger charge is 2.09. The maximum atomic E-state index is 12.4. The van der Waals surface area contributed by atoms with E-state index in [1.807, 2.05) is 18.2 Å². The van der Waals surface area contributed by atoms with Crippen LogP contribution < -0.4 is 5.56 Å².